The second-order valence-electron chi connectivity index (χ2n) is 6.13. The zero-order valence-corrected chi connectivity index (χ0v) is 13.3. The summed E-state index contributed by atoms with van der Waals surface area (Å²) in [6.07, 6.45) is 2.22. The first-order chi connectivity index (χ1) is 10.1. The predicted molar refractivity (Wildman–Crippen MR) is 86.8 cm³/mol. The second kappa shape index (κ2) is 8.25. The molecule has 4 heteroatoms. The fraction of sp³-hybridized carbons (Fsp3) is 0.647. The van der Waals surface area contributed by atoms with Crippen molar-refractivity contribution >= 4 is 5.69 Å². The summed E-state index contributed by atoms with van der Waals surface area (Å²) in [7, 11) is 0. The molecule has 0 amide bonds. The lowest BCUT2D eigenvalue weighted by atomic mass is 10.1. The van der Waals surface area contributed by atoms with Gasteiger partial charge in [0.2, 0.25) is 0 Å². The Morgan fingerprint density at radius 2 is 2.05 bits per heavy atom. The molecule has 1 fully saturated rings. The molecule has 1 aliphatic heterocycles. The molecule has 1 aromatic rings. The Morgan fingerprint density at radius 3 is 2.71 bits per heavy atom. The minimum atomic E-state index is 0.512. The van der Waals surface area contributed by atoms with Gasteiger partial charge in [0.1, 0.15) is 5.75 Å². The van der Waals surface area contributed by atoms with Gasteiger partial charge < -0.3 is 15.2 Å². The van der Waals surface area contributed by atoms with Crippen molar-refractivity contribution in [2.45, 2.75) is 26.7 Å². The first kappa shape index (κ1) is 16.1. The summed E-state index contributed by atoms with van der Waals surface area (Å²) < 4.78 is 11.1. The average Bonchev–Trinajstić information content (AvgIpc) is 2.47. The zero-order chi connectivity index (χ0) is 15.1. The van der Waals surface area contributed by atoms with Crippen molar-refractivity contribution in [3.63, 3.8) is 0 Å². The van der Waals surface area contributed by atoms with Crippen molar-refractivity contribution in [2.75, 3.05) is 45.2 Å². The molecule has 0 atom stereocenters. The highest BCUT2D eigenvalue weighted by Crippen LogP contribution is 2.23. The van der Waals surface area contributed by atoms with E-state index in [1.165, 1.54) is 5.56 Å². The lowest BCUT2D eigenvalue weighted by molar-refractivity contribution is 0.0375. The number of benzene rings is 1. The van der Waals surface area contributed by atoms with Gasteiger partial charge in [0.15, 0.2) is 0 Å². The molecule has 2 N–H and O–H groups in total. The highest BCUT2D eigenvalue weighted by Gasteiger charge is 2.10. The molecule has 2 rings (SSSR count). The van der Waals surface area contributed by atoms with E-state index in [2.05, 4.69) is 30.9 Å². The fourth-order valence-electron chi connectivity index (χ4n) is 2.47. The van der Waals surface area contributed by atoms with Crippen molar-refractivity contribution in [1.82, 2.24) is 4.90 Å². The smallest absolute Gasteiger partial charge is 0.142 e. The van der Waals surface area contributed by atoms with Gasteiger partial charge in [0, 0.05) is 13.1 Å². The number of ether oxygens (including phenoxy) is 2. The van der Waals surface area contributed by atoms with Gasteiger partial charge in [-0.15, -0.1) is 0 Å². The highest BCUT2D eigenvalue weighted by atomic mass is 16.5. The standard InChI is InChI=1S/C17H28N2O2/c1-14(2)13-21-17-6-5-15(12-16(17)18)4-3-7-19-8-10-20-11-9-19/h5-6,12,14H,3-4,7-11,13,18H2,1-2H3. The molecule has 1 heterocycles. The van der Waals surface area contributed by atoms with Crippen LogP contribution < -0.4 is 10.5 Å². The number of aryl methyl sites for hydroxylation is 1. The summed E-state index contributed by atoms with van der Waals surface area (Å²) in [4.78, 5) is 2.47. The summed E-state index contributed by atoms with van der Waals surface area (Å²) >= 11 is 0. The van der Waals surface area contributed by atoms with Gasteiger partial charge in [0.05, 0.1) is 25.5 Å². The number of anilines is 1. The van der Waals surface area contributed by atoms with E-state index in [9.17, 15) is 0 Å². The molecule has 0 saturated carbocycles. The third-order valence-electron chi connectivity index (χ3n) is 3.69. The molecule has 1 aromatic carbocycles. The van der Waals surface area contributed by atoms with Crippen molar-refractivity contribution < 1.29 is 9.47 Å². The normalized spacial score (nSPS) is 16.3. The Labute approximate surface area is 128 Å². The Kier molecular flexibility index (Phi) is 6.33. The van der Waals surface area contributed by atoms with E-state index in [1.807, 2.05) is 6.07 Å². The first-order valence-corrected chi connectivity index (χ1v) is 7.96. The van der Waals surface area contributed by atoms with E-state index in [0.29, 0.717) is 12.5 Å². The van der Waals surface area contributed by atoms with Crippen LogP contribution in [-0.4, -0.2) is 44.4 Å². The largest absolute Gasteiger partial charge is 0.491 e. The highest BCUT2D eigenvalue weighted by molar-refractivity contribution is 5.54. The van der Waals surface area contributed by atoms with Crippen LogP contribution in [0, 0.1) is 5.92 Å². The molecule has 118 valence electrons. The van der Waals surface area contributed by atoms with E-state index in [-0.39, 0.29) is 0 Å². The lowest BCUT2D eigenvalue weighted by Gasteiger charge is -2.26. The summed E-state index contributed by atoms with van der Waals surface area (Å²) in [6, 6.07) is 6.18. The molecule has 21 heavy (non-hydrogen) atoms. The van der Waals surface area contributed by atoms with Gasteiger partial charge in [0.25, 0.3) is 0 Å². The number of morpholine rings is 1. The van der Waals surface area contributed by atoms with Gasteiger partial charge in [-0.2, -0.15) is 0 Å². The van der Waals surface area contributed by atoms with Gasteiger partial charge in [-0.25, -0.2) is 0 Å². The van der Waals surface area contributed by atoms with Gasteiger partial charge in [-0.1, -0.05) is 19.9 Å². The molecule has 0 aliphatic carbocycles. The van der Waals surface area contributed by atoms with E-state index >= 15 is 0 Å². The number of hydrogen-bond acceptors (Lipinski definition) is 4. The van der Waals surface area contributed by atoms with Gasteiger partial charge >= 0.3 is 0 Å². The average molecular weight is 292 g/mol. The van der Waals surface area contributed by atoms with Gasteiger partial charge in [-0.05, 0) is 43.0 Å². The summed E-state index contributed by atoms with van der Waals surface area (Å²) in [5, 5.41) is 0. The van der Waals surface area contributed by atoms with Crippen LogP contribution in [0.25, 0.3) is 0 Å². The van der Waals surface area contributed by atoms with E-state index in [1.54, 1.807) is 0 Å². The number of hydrogen-bond donors (Lipinski definition) is 1. The van der Waals surface area contributed by atoms with Gasteiger partial charge in [-0.3, -0.25) is 4.90 Å². The molecule has 0 aromatic heterocycles. The maximum Gasteiger partial charge on any atom is 0.142 e. The van der Waals surface area contributed by atoms with E-state index in [0.717, 1.165) is 57.1 Å². The topological polar surface area (TPSA) is 47.7 Å². The second-order valence-corrected chi connectivity index (χ2v) is 6.13. The molecule has 1 saturated heterocycles. The van der Waals surface area contributed by atoms with Crippen LogP contribution in [0.15, 0.2) is 18.2 Å². The van der Waals surface area contributed by atoms with Crippen LogP contribution in [0.1, 0.15) is 25.8 Å². The van der Waals surface area contributed by atoms with E-state index < -0.39 is 0 Å². The predicted octanol–water partition coefficient (Wildman–Crippen LogP) is 2.57. The minimum absolute atomic E-state index is 0.512. The maximum absolute atomic E-state index is 6.07. The van der Waals surface area contributed by atoms with Crippen LogP contribution in [0.5, 0.6) is 5.75 Å². The molecule has 0 radical (unpaired) electrons. The third-order valence-corrected chi connectivity index (χ3v) is 3.69. The first-order valence-electron chi connectivity index (χ1n) is 7.96. The van der Waals surface area contributed by atoms with Crippen LogP contribution in [-0.2, 0) is 11.2 Å². The molecule has 0 spiro atoms. The number of nitrogens with zero attached hydrogens (tertiary/aromatic N) is 1. The van der Waals surface area contributed by atoms with Crippen molar-refractivity contribution in [3.05, 3.63) is 23.8 Å². The fourth-order valence-corrected chi connectivity index (χ4v) is 2.47. The molecular formula is C17H28N2O2. The molecule has 0 bridgehead atoms. The summed E-state index contributed by atoms with van der Waals surface area (Å²) in [6.45, 7) is 9.97. The van der Waals surface area contributed by atoms with Crippen molar-refractivity contribution in [3.8, 4) is 5.75 Å². The molecule has 4 nitrogen and oxygen atoms in total. The Bertz CT molecular complexity index is 429. The summed E-state index contributed by atoms with van der Waals surface area (Å²) in [5.41, 5.74) is 8.11. The quantitative estimate of drug-likeness (QED) is 0.785. The SMILES string of the molecule is CC(C)COc1ccc(CCCN2CCOCC2)cc1N. The molecule has 1 aliphatic rings. The molecular weight excluding hydrogens is 264 g/mol. The van der Waals surface area contributed by atoms with Crippen LogP contribution in [0.4, 0.5) is 5.69 Å². The number of nitrogens with two attached hydrogens (primary N) is 1. The minimum Gasteiger partial charge on any atom is -0.491 e. The Hall–Kier alpha value is -1.26. The number of nitrogen functional groups attached to an aromatic ring is 1. The van der Waals surface area contributed by atoms with E-state index in [4.69, 9.17) is 15.2 Å². The van der Waals surface area contributed by atoms with Crippen LogP contribution in [0.2, 0.25) is 0 Å². The Morgan fingerprint density at radius 1 is 1.29 bits per heavy atom. The van der Waals surface area contributed by atoms with Crippen molar-refractivity contribution in [2.24, 2.45) is 5.92 Å². The zero-order valence-electron chi connectivity index (χ0n) is 13.3. The molecule has 0 unspecified atom stereocenters. The monoisotopic (exact) mass is 292 g/mol. The van der Waals surface area contributed by atoms with Crippen LogP contribution in [0.3, 0.4) is 0 Å². The van der Waals surface area contributed by atoms with Crippen LogP contribution >= 0.6 is 0 Å². The Balaban J connectivity index is 1.76. The van der Waals surface area contributed by atoms with Crippen molar-refractivity contribution in [1.29, 1.82) is 0 Å². The third kappa shape index (κ3) is 5.56. The lowest BCUT2D eigenvalue weighted by Crippen LogP contribution is -2.36. The maximum atomic E-state index is 6.07. The number of rotatable bonds is 7. The summed E-state index contributed by atoms with van der Waals surface area (Å²) in [5.74, 6) is 1.32.